The third-order valence-electron chi connectivity index (χ3n) is 4.78. The van der Waals surface area contributed by atoms with E-state index >= 15 is 0 Å². The fourth-order valence-corrected chi connectivity index (χ4v) is 3.16. The molecular weight excluding hydrogens is 619 g/mol. The molecule has 0 aliphatic rings. The molecule has 11 heteroatoms. The van der Waals surface area contributed by atoms with Gasteiger partial charge < -0.3 is 9.97 Å². The first-order valence-corrected chi connectivity index (χ1v) is 9.16. The summed E-state index contributed by atoms with van der Waals surface area (Å²) < 4.78 is 55.5. The topological polar surface area (TPSA) is 80.3 Å². The van der Waals surface area contributed by atoms with Crippen molar-refractivity contribution >= 4 is 0 Å². The molecule has 4 aromatic heterocycles. The minimum Gasteiger partial charge on any atom is -0.322 e. The molecule has 4 aromatic rings. The van der Waals surface area contributed by atoms with Crippen LogP contribution in [0.4, 0.5) is 17.6 Å². The fraction of sp³-hybridized carbons (Fsp3) is 0.136. The molecule has 0 aliphatic carbocycles. The second-order valence-corrected chi connectivity index (χ2v) is 7.23. The molecule has 0 spiro atoms. The molecule has 0 N–H and O–H groups in total. The number of hydrogen-bond donors (Lipinski definition) is 0. The molecule has 0 aromatic carbocycles. The van der Waals surface area contributed by atoms with Crippen molar-refractivity contribution in [2.75, 3.05) is 0 Å². The van der Waals surface area contributed by atoms with Crippen molar-refractivity contribution in [2.45, 2.75) is 19.3 Å². The molecule has 0 radical (unpaired) electrons. The van der Waals surface area contributed by atoms with Gasteiger partial charge in [0.05, 0.1) is 22.6 Å². The minimum atomic E-state index is -1.14. The van der Waals surface area contributed by atoms with Gasteiger partial charge >= 0.3 is 21.1 Å². The molecule has 0 unspecified atom stereocenters. The Balaban J connectivity index is 0.00000306. The summed E-state index contributed by atoms with van der Waals surface area (Å²) in [7, 11) is 0. The van der Waals surface area contributed by atoms with Crippen molar-refractivity contribution in [3.05, 3.63) is 89.4 Å². The summed E-state index contributed by atoms with van der Waals surface area (Å²) >= 11 is 0. The second kappa shape index (κ2) is 9.20. The Morgan fingerprint density at radius 1 is 0.970 bits per heavy atom. The van der Waals surface area contributed by atoms with Gasteiger partial charge in [0, 0.05) is 17.6 Å². The van der Waals surface area contributed by atoms with Gasteiger partial charge in [-0.2, -0.15) is 10.4 Å². The maximum absolute atomic E-state index is 14.1. The quantitative estimate of drug-likeness (QED) is 0.193. The van der Waals surface area contributed by atoms with E-state index in [0.29, 0.717) is 5.69 Å². The number of rotatable bonds is 4. The van der Waals surface area contributed by atoms with Crippen LogP contribution < -0.4 is 0 Å². The van der Waals surface area contributed by atoms with Crippen LogP contribution in [0.2, 0.25) is 0 Å². The number of pyridine rings is 3. The van der Waals surface area contributed by atoms with Gasteiger partial charge in [-0.15, -0.1) is 18.2 Å². The summed E-state index contributed by atoms with van der Waals surface area (Å²) in [4.78, 5) is 10.7. The van der Waals surface area contributed by atoms with E-state index in [-0.39, 0.29) is 49.3 Å². The minimum absolute atomic E-state index is 0. The third kappa shape index (κ3) is 4.55. The van der Waals surface area contributed by atoms with Gasteiger partial charge in [-0.1, -0.05) is 23.8 Å². The molecule has 168 valence electrons. The summed E-state index contributed by atoms with van der Waals surface area (Å²) in [5, 5.41) is 13.9. The molecule has 33 heavy (non-hydrogen) atoms. The first kappa shape index (κ1) is 24.2. The summed E-state index contributed by atoms with van der Waals surface area (Å²) in [6.07, 6.45) is 1.27. The summed E-state index contributed by atoms with van der Waals surface area (Å²) in [5.74, 6) is -4.26. The molecule has 0 amide bonds. The fourth-order valence-electron chi connectivity index (χ4n) is 3.16. The Morgan fingerprint density at radius 2 is 1.64 bits per heavy atom. The summed E-state index contributed by atoms with van der Waals surface area (Å²) in [6, 6.07) is 13.4. The van der Waals surface area contributed by atoms with Crippen LogP contribution in [0.15, 0.2) is 36.5 Å². The van der Waals surface area contributed by atoms with Crippen LogP contribution in [0.1, 0.15) is 30.8 Å². The molecule has 4 heterocycles. The standard InChI is InChI=1S/C22H12F4N6.Pt/c1-22(2,16-5-3-4-14(28-16)13-6-8-17(23)29-20(13)25)19-12(10-27)11-32(31-19)15-7-9-18(24)30-21(15)26;/h3-5,8-9,11H,1-2H3;/q-2;+2. The zero-order valence-electron chi connectivity index (χ0n) is 17.0. The van der Waals surface area contributed by atoms with Gasteiger partial charge in [0.25, 0.3) is 0 Å². The Bertz CT molecular complexity index is 1380. The average molecular weight is 631 g/mol. The Kier molecular flexibility index (Phi) is 6.75. The van der Waals surface area contributed by atoms with E-state index < -0.39 is 29.2 Å². The first-order chi connectivity index (χ1) is 15.2. The van der Waals surface area contributed by atoms with E-state index in [1.54, 1.807) is 26.0 Å². The Labute approximate surface area is 200 Å². The van der Waals surface area contributed by atoms with E-state index in [1.165, 1.54) is 12.3 Å². The van der Waals surface area contributed by atoms with Crippen LogP contribution in [0.3, 0.4) is 0 Å². The molecule has 0 aliphatic heterocycles. The predicted molar refractivity (Wildman–Crippen MR) is 103 cm³/mol. The number of halogens is 4. The van der Waals surface area contributed by atoms with Crippen LogP contribution in [0.25, 0.3) is 16.9 Å². The normalized spacial score (nSPS) is 11.1. The molecule has 0 bridgehead atoms. The smallest absolute Gasteiger partial charge is 0.322 e. The number of aromatic nitrogens is 5. The Morgan fingerprint density at radius 3 is 2.27 bits per heavy atom. The van der Waals surface area contributed by atoms with Crippen LogP contribution in [-0.2, 0) is 26.5 Å². The zero-order chi connectivity index (χ0) is 23.0. The van der Waals surface area contributed by atoms with Crippen molar-refractivity contribution in [3.8, 4) is 23.0 Å². The largest absolute Gasteiger partial charge is 2.00 e. The van der Waals surface area contributed by atoms with Crippen LogP contribution in [0, 0.1) is 47.3 Å². The van der Waals surface area contributed by atoms with Crippen molar-refractivity contribution in [1.29, 1.82) is 5.26 Å². The van der Waals surface area contributed by atoms with Crippen LogP contribution >= 0.6 is 0 Å². The van der Waals surface area contributed by atoms with Crippen LogP contribution in [-0.4, -0.2) is 24.7 Å². The molecule has 6 nitrogen and oxygen atoms in total. The van der Waals surface area contributed by atoms with Gasteiger partial charge in [-0.3, -0.25) is 18.4 Å². The SMILES string of the molecule is CC(C)(c1cccc(-c2[c-]cc(F)nc2F)n1)c1nn(-c2[c-]cc(F)nc2F)cc1C#N.[Pt+2]. The Hall–Kier alpha value is -3.44. The molecular formula is C22H12F4N6Pt. The summed E-state index contributed by atoms with van der Waals surface area (Å²) in [6.45, 7) is 3.44. The van der Waals surface area contributed by atoms with Crippen molar-refractivity contribution < 1.29 is 38.6 Å². The van der Waals surface area contributed by atoms with Gasteiger partial charge in [-0.05, 0) is 25.6 Å². The van der Waals surface area contributed by atoms with Gasteiger partial charge in [0.1, 0.15) is 23.9 Å². The van der Waals surface area contributed by atoms with Crippen molar-refractivity contribution in [2.24, 2.45) is 0 Å². The maximum atomic E-state index is 14.1. The van der Waals surface area contributed by atoms with E-state index in [9.17, 15) is 22.8 Å². The zero-order valence-corrected chi connectivity index (χ0v) is 19.2. The maximum Gasteiger partial charge on any atom is 2.00 e. The van der Waals surface area contributed by atoms with Gasteiger partial charge in [0.2, 0.25) is 0 Å². The van der Waals surface area contributed by atoms with Crippen LogP contribution in [0.5, 0.6) is 0 Å². The van der Waals surface area contributed by atoms with E-state index in [1.807, 2.05) is 6.07 Å². The molecule has 0 fully saturated rings. The second-order valence-electron chi connectivity index (χ2n) is 7.23. The van der Waals surface area contributed by atoms with E-state index in [0.717, 1.165) is 16.8 Å². The monoisotopic (exact) mass is 631 g/mol. The molecule has 0 saturated heterocycles. The van der Waals surface area contributed by atoms with E-state index in [2.05, 4.69) is 32.2 Å². The van der Waals surface area contributed by atoms with Crippen molar-refractivity contribution in [1.82, 2.24) is 24.7 Å². The number of nitriles is 1. The number of nitrogens with zero attached hydrogens (tertiary/aromatic N) is 6. The molecule has 0 saturated carbocycles. The molecule has 0 atom stereocenters. The third-order valence-corrected chi connectivity index (χ3v) is 4.78. The van der Waals surface area contributed by atoms with Gasteiger partial charge in [-0.25, -0.2) is 8.78 Å². The van der Waals surface area contributed by atoms with Crippen molar-refractivity contribution in [3.63, 3.8) is 0 Å². The average Bonchev–Trinajstić information content (AvgIpc) is 3.19. The predicted octanol–water partition coefficient (Wildman–Crippen LogP) is 4.08. The number of hydrogen-bond acceptors (Lipinski definition) is 5. The van der Waals surface area contributed by atoms with Gasteiger partial charge in [0.15, 0.2) is 0 Å². The summed E-state index contributed by atoms with van der Waals surface area (Å²) in [5.41, 5.74) is -0.481. The molecule has 4 rings (SSSR count). The van der Waals surface area contributed by atoms with E-state index in [4.69, 9.17) is 0 Å². The first-order valence-electron chi connectivity index (χ1n) is 9.16.